The second-order valence-electron chi connectivity index (χ2n) is 20.0. The van der Waals surface area contributed by atoms with Gasteiger partial charge in [0, 0.05) is 39.1 Å². The zero-order chi connectivity index (χ0) is 49.4. The summed E-state index contributed by atoms with van der Waals surface area (Å²) in [5.41, 5.74) is 1.53. The van der Waals surface area contributed by atoms with Gasteiger partial charge in [-0.25, -0.2) is 0 Å². The summed E-state index contributed by atoms with van der Waals surface area (Å²) in [4.78, 5) is 97.8. The smallest absolute Gasteiger partial charge is 0.249 e. The van der Waals surface area contributed by atoms with E-state index in [-0.39, 0.29) is 49.0 Å². The molecular formula is C51H85N7O8. The molecule has 0 bridgehead atoms. The lowest BCUT2D eigenvalue weighted by Gasteiger charge is -2.36. The van der Waals surface area contributed by atoms with Crippen molar-refractivity contribution in [2.45, 2.75) is 182 Å². The molecule has 1 aromatic heterocycles. The maximum absolute atomic E-state index is 15.0. The third-order valence-corrected chi connectivity index (χ3v) is 13.2. The Morgan fingerprint density at radius 3 is 1.64 bits per heavy atom. The number of hydrogen-bond acceptors (Lipinski definition) is 8. The molecule has 3 N–H and O–H groups in total. The summed E-state index contributed by atoms with van der Waals surface area (Å²) < 4.78 is 7.72. The molecule has 1 aromatic carbocycles. The van der Waals surface area contributed by atoms with E-state index >= 15 is 9.59 Å². The van der Waals surface area contributed by atoms with Crippen molar-refractivity contribution in [3.05, 3.63) is 36.0 Å². The van der Waals surface area contributed by atoms with Gasteiger partial charge in [-0.05, 0) is 74.8 Å². The van der Waals surface area contributed by atoms with E-state index in [0.717, 1.165) is 55.0 Å². The first kappa shape index (κ1) is 55.7. The van der Waals surface area contributed by atoms with Crippen LogP contribution < -0.4 is 20.8 Å². The molecule has 15 nitrogen and oxygen atoms in total. The van der Waals surface area contributed by atoms with E-state index in [4.69, 9.17) is 9.57 Å². The lowest BCUT2D eigenvalue weighted by Crippen LogP contribution is -2.60. The number of benzene rings is 1. The first-order chi connectivity index (χ1) is 31.1. The molecule has 9 atom stereocenters. The average molecular weight is 924 g/mol. The molecule has 6 amide bonds. The monoisotopic (exact) mass is 924 g/mol. The molecule has 1 aliphatic rings. The minimum Gasteiger partial charge on any atom is -0.417 e. The van der Waals surface area contributed by atoms with Crippen LogP contribution in [0, 0.1) is 23.7 Å². The van der Waals surface area contributed by atoms with Crippen LogP contribution in [0.4, 0.5) is 0 Å². The second kappa shape index (κ2) is 26.6. The van der Waals surface area contributed by atoms with Crippen molar-refractivity contribution < 1.29 is 38.3 Å². The fraction of sp³-hybridized carbons (Fsp3) is 0.725. The van der Waals surface area contributed by atoms with E-state index < -0.39 is 71.9 Å². The lowest BCUT2D eigenvalue weighted by atomic mass is 9.94. The quantitative estimate of drug-likeness (QED) is 0.170. The van der Waals surface area contributed by atoms with Gasteiger partial charge in [0.05, 0.1) is 18.2 Å². The number of rotatable bonds is 17. The van der Waals surface area contributed by atoms with E-state index in [2.05, 4.69) is 43.6 Å². The summed E-state index contributed by atoms with van der Waals surface area (Å²) >= 11 is 0. The number of ether oxygens (including phenoxy) is 1. The first-order valence-corrected chi connectivity index (χ1v) is 24.6. The van der Waals surface area contributed by atoms with Crippen LogP contribution in [0.5, 0.6) is 0 Å². The van der Waals surface area contributed by atoms with Gasteiger partial charge in [-0.3, -0.25) is 28.8 Å². The number of nitrogens with zero attached hydrogens (tertiary/aromatic N) is 4. The van der Waals surface area contributed by atoms with Crippen LogP contribution in [0.3, 0.4) is 0 Å². The maximum atomic E-state index is 15.0. The van der Waals surface area contributed by atoms with Gasteiger partial charge in [0.25, 0.3) is 0 Å². The number of para-hydroxylation sites is 1. The molecule has 0 radical (unpaired) electrons. The molecule has 1 fully saturated rings. The highest BCUT2D eigenvalue weighted by Gasteiger charge is 2.39. The van der Waals surface area contributed by atoms with Crippen LogP contribution in [-0.4, -0.2) is 132 Å². The maximum Gasteiger partial charge on any atom is 0.249 e. The predicted octanol–water partition coefficient (Wildman–Crippen LogP) is 6.14. The van der Waals surface area contributed by atoms with Gasteiger partial charge in [0.15, 0.2) is 0 Å². The molecule has 372 valence electrons. The number of hydrogen-bond donors (Lipinski definition) is 3. The number of carbonyl (C=O) groups excluding carboxylic acids is 6. The molecule has 1 saturated heterocycles. The molecule has 15 heteroatoms. The molecular weight excluding hydrogens is 839 g/mol. The van der Waals surface area contributed by atoms with Crippen LogP contribution in [0.2, 0.25) is 0 Å². The van der Waals surface area contributed by atoms with Crippen molar-refractivity contribution in [2.24, 2.45) is 23.7 Å². The highest BCUT2D eigenvalue weighted by atomic mass is 16.6. The van der Waals surface area contributed by atoms with E-state index in [1.807, 2.05) is 58.9 Å². The number of unbranched alkanes of at least 4 members (excludes halogenated alkanes) is 2. The van der Waals surface area contributed by atoms with Gasteiger partial charge in [-0.15, -0.1) is 0 Å². The fourth-order valence-corrected chi connectivity index (χ4v) is 8.87. The Balaban J connectivity index is 2.25. The first-order valence-electron chi connectivity index (χ1n) is 24.6. The van der Waals surface area contributed by atoms with E-state index in [9.17, 15) is 19.2 Å². The highest BCUT2D eigenvalue weighted by molar-refractivity contribution is 5.97. The van der Waals surface area contributed by atoms with Gasteiger partial charge in [-0.2, -0.15) is 4.73 Å². The Bertz CT molecular complexity index is 1900. The lowest BCUT2D eigenvalue weighted by molar-refractivity contribution is -0.146. The van der Waals surface area contributed by atoms with Crippen LogP contribution >= 0.6 is 0 Å². The minimum atomic E-state index is -1.12. The average Bonchev–Trinajstić information content (AvgIpc) is 3.64. The van der Waals surface area contributed by atoms with Gasteiger partial charge in [0.2, 0.25) is 35.4 Å². The second-order valence-corrected chi connectivity index (χ2v) is 20.0. The topological polar surface area (TPSA) is 172 Å². The van der Waals surface area contributed by atoms with E-state index in [1.165, 1.54) is 9.80 Å². The van der Waals surface area contributed by atoms with Crippen LogP contribution in [0.25, 0.3) is 10.9 Å². The van der Waals surface area contributed by atoms with Gasteiger partial charge in [0.1, 0.15) is 43.4 Å². The van der Waals surface area contributed by atoms with Crippen molar-refractivity contribution in [3.8, 4) is 0 Å². The Morgan fingerprint density at radius 2 is 1.12 bits per heavy atom. The van der Waals surface area contributed by atoms with Crippen molar-refractivity contribution in [1.29, 1.82) is 0 Å². The van der Waals surface area contributed by atoms with E-state index in [1.54, 1.807) is 51.0 Å². The molecule has 0 aliphatic carbocycles. The molecule has 0 spiro atoms. The molecule has 0 saturated carbocycles. The van der Waals surface area contributed by atoms with Gasteiger partial charge >= 0.3 is 0 Å². The largest absolute Gasteiger partial charge is 0.417 e. The van der Waals surface area contributed by atoms with Crippen molar-refractivity contribution in [1.82, 2.24) is 35.4 Å². The molecule has 3 rings (SSSR count). The van der Waals surface area contributed by atoms with Crippen LogP contribution in [0.1, 0.15) is 139 Å². The zero-order valence-corrected chi connectivity index (χ0v) is 42.8. The Morgan fingerprint density at radius 1 is 0.652 bits per heavy atom. The third-order valence-electron chi connectivity index (χ3n) is 13.2. The highest BCUT2D eigenvalue weighted by Crippen LogP contribution is 2.25. The van der Waals surface area contributed by atoms with Crippen LogP contribution in [-0.2, 0) is 39.9 Å². The minimum absolute atomic E-state index is 0.00556. The van der Waals surface area contributed by atoms with Gasteiger partial charge < -0.3 is 40.2 Å². The Labute approximate surface area is 395 Å². The predicted molar refractivity (Wildman–Crippen MR) is 260 cm³/mol. The van der Waals surface area contributed by atoms with Crippen molar-refractivity contribution >= 4 is 46.3 Å². The number of aromatic nitrogens is 1. The SMILES string of the molecule is CCCC[C@@H](C)C[C@@H]1NC(=O)[C@H](Cc2cn(OC)c3ccccc23)N(C)C(=O)[C@H](CC(C)C)NC(=O)[C@H](CC(C)C)N(C)C(=O)[C@H](C[C@H](C)CCCC)NC(=O)[C@@H](C)OC[C@H](C)N(C)C1=O. The molecule has 1 aliphatic heterocycles. The summed E-state index contributed by atoms with van der Waals surface area (Å²) in [6, 6.07) is 2.07. The number of nitrogens with one attached hydrogen (secondary N) is 3. The Hall–Kier alpha value is -4.66. The number of carbonyl (C=O) groups is 6. The van der Waals surface area contributed by atoms with Gasteiger partial charge in [-0.1, -0.05) is 112 Å². The van der Waals surface area contributed by atoms with Crippen molar-refractivity contribution in [3.63, 3.8) is 0 Å². The summed E-state index contributed by atoms with van der Waals surface area (Å²) in [5, 5.41) is 9.93. The summed E-state index contributed by atoms with van der Waals surface area (Å²) in [6.45, 7) is 19.6. The summed E-state index contributed by atoms with van der Waals surface area (Å²) in [5.74, 6) is -2.63. The van der Waals surface area contributed by atoms with Crippen LogP contribution in [0.15, 0.2) is 30.5 Å². The molecule has 66 heavy (non-hydrogen) atoms. The third kappa shape index (κ3) is 15.7. The molecule has 2 aromatic rings. The van der Waals surface area contributed by atoms with Crippen molar-refractivity contribution in [2.75, 3.05) is 34.9 Å². The Kier molecular flexibility index (Phi) is 22.5. The molecule has 0 unspecified atom stereocenters. The number of amides is 6. The van der Waals surface area contributed by atoms with E-state index in [0.29, 0.717) is 19.3 Å². The summed E-state index contributed by atoms with van der Waals surface area (Å²) in [6.07, 6.45) is 7.77. The fourth-order valence-electron chi connectivity index (χ4n) is 8.87. The normalized spacial score (nSPS) is 24.9. The standard InChI is InChI=1S/C51H85N7O8/c1-15-17-21-34(7)27-41-49(62)55(11)36(9)31-66-37(10)46(59)52-42(28-35(8)22-18-16-2)51(64)56(12)44(26-33(5)6)47(60)53-40(25-32(3)4)50(63)57(13)45(48(61)54-41)29-38-30-58(65-14)43-24-20-19-23-39(38)43/h19-20,23-24,30,32-37,40-42,44-45H,15-18,21-22,25-29,31H2,1-14H3,(H,52,59)(H,53,60)(H,54,61)/t34-,35-,36+,37-,40+,41+,42+,44+,45+/m1/s1. The molecule has 2 heterocycles. The zero-order valence-electron chi connectivity index (χ0n) is 42.8. The number of likely N-dealkylation sites (N-methyl/N-ethyl adjacent to an activating group) is 3. The summed E-state index contributed by atoms with van der Waals surface area (Å²) in [7, 11) is 6.36. The number of fused-ring (bicyclic) bond motifs is 1.